The highest BCUT2D eigenvalue weighted by molar-refractivity contribution is 7.89. The maximum absolute atomic E-state index is 13.4. The molecule has 5 rings (SSSR count). The molecule has 0 bridgehead atoms. The molecule has 160 valence electrons. The largest absolute Gasteiger partial charge is 0.309 e. The summed E-state index contributed by atoms with van der Waals surface area (Å²) in [6.07, 6.45) is 4.96. The van der Waals surface area contributed by atoms with Crippen molar-refractivity contribution in [2.45, 2.75) is 30.7 Å². The van der Waals surface area contributed by atoms with Crippen molar-refractivity contribution in [3.63, 3.8) is 0 Å². The maximum atomic E-state index is 13.4. The standard InChI is InChI=1S/C23H23FN4O2S/c1-26(2)31(29,30)19-7-5-6-17(14-19)22-25-28-15-21(16-9-11-18(24)12-10-16)20-8-3-4-13-27(22)23(20)28/h5-7,9-12,14-15H,3-4,8,13H2,1-2H3. The molecule has 0 aliphatic carbocycles. The quantitative estimate of drug-likeness (QED) is 0.480. The van der Waals surface area contributed by atoms with E-state index in [1.54, 1.807) is 30.3 Å². The van der Waals surface area contributed by atoms with Crippen molar-refractivity contribution in [2.75, 3.05) is 14.1 Å². The van der Waals surface area contributed by atoms with Crippen LogP contribution >= 0.6 is 0 Å². The second-order valence-corrected chi connectivity index (χ2v) is 10.2. The highest BCUT2D eigenvalue weighted by Gasteiger charge is 2.24. The van der Waals surface area contributed by atoms with Crippen molar-refractivity contribution in [2.24, 2.45) is 0 Å². The van der Waals surface area contributed by atoms with Gasteiger partial charge < -0.3 is 4.57 Å². The lowest BCUT2D eigenvalue weighted by atomic mass is 10.0. The van der Waals surface area contributed by atoms with Gasteiger partial charge in [0, 0.05) is 43.5 Å². The van der Waals surface area contributed by atoms with Crippen molar-refractivity contribution >= 4 is 15.7 Å². The van der Waals surface area contributed by atoms with E-state index in [0.29, 0.717) is 0 Å². The minimum absolute atomic E-state index is 0.247. The molecule has 0 saturated heterocycles. The van der Waals surface area contributed by atoms with Gasteiger partial charge in [0.25, 0.3) is 0 Å². The molecule has 6 nitrogen and oxygen atoms in total. The highest BCUT2D eigenvalue weighted by Crippen LogP contribution is 2.35. The van der Waals surface area contributed by atoms with Gasteiger partial charge in [-0.15, -0.1) is 5.10 Å². The Morgan fingerprint density at radius 2 is 1.81 bits per heavy atom. The lowest BCUT2D eigenvalue weighted by Crippen LogP contribution is -2.22. The first-order valence-corrected chi connectivity index (χ1v) is 11.7. The fourth-order valence-electron chi connectivity index (χ4n) is 4.27. The zero-order valence-electron chi connectivity index (χ0n) is 17.4. The van der Waals surface area contributed by atoms with Crippen molar-refractivity contribution in [3.05, 3.63) is 66.1 Å². The average Bonchev–Trinajstić information content (AvgIpc) is 3.19. The summed E-state index contributed by atoms with van der Waals surface area (Å²) >= 11 is 0. The molecule has 2 aromatic heterocycles. The van der Waals surface area contributed by atoms with Crippen LogP contribution in [0, 0.1) is 5.82 Å². The maximum Gasteiger partial charge on any atom is 0.242 e. The predicted molar refractivity (Wildman–Crippen MR) is 118 cm³/mol. The van der Waals surface area contributed by atoms with Crippen LogP contribution < -0.4 is 0 Å². The Morgan fingerprint density at radius 1 is 1.03 bits per heavy atom. The normalized spacial score (nSPS) is 14.3. The highest BCUT2D eigenvalue weighted by atomic mass is 32.2. The van der Waals surface area contributed by atoms with Crippen LogP contribution in [0.5, 0.6) is 0 Å². The average molecular weight is 439 g/mol. The second-order valence-electron chi connectivity index (χ2n) is 8.04. The number of hydrogen-bond acceptors (Lipinski definition) is 3. The van der Waals surface area contributed by atoms with Gasteiger partial charge in [-0.25, -0.2) is 21.6 Å². The van der Waals surface area contributed by atoms with E-state index in [1.165, 1.54) is 36.1 Å². The molecule has 8 heteroatoms. The lowest BCUT2D eigenvalue weighted by molar-refractivity contribution is 0.521. The molecule has 0 fully saturated rings. The van der Waals surface area contributed by atoms with Crippen molar-refractivity contribution in [1.82, 2.24) is 18.5 Å². The Kier molecular flexibility index (Phi) is 4.71. The molecule has 4 aromatic rings. The van der Waals surface area contributed by atoms with E-state index in [0.717, 1.165) is 54.0 Å². The van der Waals surface area contributed by atoms with Gasteiger partial charge in [0.05, 0.1) is 4.90 Å². The van der Waals surface area contributed by atoms with Gasteiger partial charge in [0.1, 0.15) is 11.5 Å². The Labute approximate surface area is 180 Å². The Morgan fingerprint density at radius 3 is 2.55 bits per heavy atom. The summed E-state index contributed by atoms with van der Waals surface area (Å²) in [4.78, 5) is 0.247. The number of halogens is 1. The molecule has 1 aliphatic heterocycles. The first-order valence-electron chi connectivity index (χ1n) is 10.3. The summed E-state index contributed by atoms with van der Waals surface area (Å²) in [7, 11) is -0.479. The molecule has 2 aromatic carbocycles. The van der Waals surface area contributed by atoms with Gasteiger partial charge in [-0.2, -0.15) is 0 Å². The summed E-state index contributed by atoms with van der Waals surface area (Å²) in [6.45, 7) is 0.809. The van der Waals surface area contributed by atoms with Crippen LogP contribution in [0.3, 0.4) is 0 Å². The fourth-order valence-corrected chi connectivity index (χ4v) is 5.22. The topological polar surface area (TPSA) is 59.6 Å². The van der Waals surface area contributed by atoms with Crippen molar-refractivity contribution in [3.8, 4) is 22.5 Å². The number of hydrogen-bond donors (Lipinski definition) is 0. The summed E-state index contributed by atoms with van der Waals surface area (Å²) in [5.41, 5.74) is 5.01. The molecule has 0 atom stereocenters. The lowest BCUT2D eigenvalue weighted by Gasteiger charge is -2.12. The Bertz CT molecular complexity index is 1390. The number of nitrogens with zero attached hydrogens (tertiary/aromatic N) is 4. The number of sulfonamides is 1. The molecule has 31 heavy (non-hydrogen) atoms. The first-order chi connectivity index (χ1) is 14.9. The van der Waals surface area contributed by atoms with Crippen LogP contribution in [0.2, 0.25) is 0 Å². The predicted octanol–water partition coefficient (Wildman–Crippen LogP) is 4.20. The number of aryl methyl sites for hydroxylation is 2. The van der Waals surface area contributed by atoms with E-state index in [4.69, 9.17) is 5.10 Å². The minimum Gasteiger partial charge on any atom is -0.309 e. The van der Waals surface area contributed by atoms with Crippen LogP contribution in [0.1, 0.15) is 18.4 Å². The van der Waals surface area contributed by atoms with Gasteiger partial charge in [-0.05, 0) is 49.1 Å². The van der Waals surface area contributed by atoms with Crippen molar-refractivity contribution in [1.29, 1.82) is 0 Å². The first kappa shape index (κ1) is 20.0. The number of aromatic nitrogens is 3. The molecule has 0 spiro atoms. The smallest absolute Gasteiger partial charge is 0.242 e. The SMILES string of the molecule is CN(C)S(=O)(=O)c1cccc(-c2nn3cc(-c4ccc(F)cc4)c4c3n2CCCC4)c1. The Hall–Kier alpha value is -2.97. The molecule has 1 aliphatic rings. The van der Waals surface area contributed by atoms with Gasteiger partial charge in [-0.3, -0.25) is 0 Å². The Balaban J connectivity index is 1.68. The van der Waals surface area contributed by atoms with E-state index in [-0.39, 0.29) is 10.7 Å². The van der Waals surface area contributed by atoms with Crippen LogP contribution in [0.4, 0.5) is 4.39 Å². The summed E-state index contributed by atoms with van der Waals surface area (Å²) in [5.74, 6) is 0.496. The number of rotatable bonds is 4. The third-order valence-electron chi connectivity index (χ3n) is 5.86. The molecular weight excluding hydrogens is 415 g/mol. The minimum atomic E-state index is -3.53. The fraction of sp³-hybridized carbons (Fsp3) is 0.261. The van der Waals surface area contributed by atoms with Crippen LogP contribution in [-0.4, -0.2) is 41.0 Å². The van der Waals surface area contributed by atoms with Crippen LogP contribution in [-0.2, 0) is 23.0 Å². The third-order valence-corrected chi connectivity index (χ3v) is 7.67. The molecule has 0 saturated carbocycles. The van der Waals surface area contributed by atoms with Gasteiger partial charge in [0.15, 0.2) is 5.82 Å². The van der Waals surface area contributed by atoms with E-state index in [1.807, 2.05) is 16.8 Å². The zero-order valence-corrected chi connectivity index (χ0v) is 18.2. The van der Waals surface area contributed by atoms with E-state index < -0.39 is 10.0 Å². The van der Waals surface area contributed by atoms with Gasteiger partial charge >= 0.3 is 0 Å². The van der Waals surface area contributed by atoms with Gasteiger partial charge in [0.2, 0.25) is 10.0 Å². The number of benzene rings is 2. The zero-order chi connectivity index (χ0) is 21.8. The summed E-state index contributed by atoms with van der Waals surface area (Å²) < 4.78 is 43.9. The van der Waals surface area contributed by atoms with Gasteiger partial charge in [-0.1, -0.05) is 24.3 Å². The molecular formula is C23H23FN4O2S. The summed E-state index contributed by atoms with van der Waals surface area (Å²) in [6, 6.07) is 13.5. The van der Waals surface area contributed by atoms with E-state index >= 15 is 0 Å². The molecule has 0 unspecified atom stereocenters. The summed E-state index contributed by atoms with van der Waals surface area (Å²) in [5, 5.41) is 4.83. The molecule has 3 heterocycles. The van der Waals surface area contributed by atoms with Crippen molar-refractivity contribution < 1.29 is 12.8 Å². The molecule has 0 amide bonds. The van der Waals surface area contributed by atoms with Crippen LogP contribution in [0.15, 0.2) is 59.6 Å². The monoisotopic (exact) mass is 438 g/mol. The third kappa shape index (κ3) is 3.26. The van der Waals surface area contributed by atoms with Crippen LogP contribution in [0.25, 0.3) is 28.2 Å². The second kappa shape index (κ2) is 7.32. The molecule has 0 radical (unpaired) electrons. The van der Waals surface area contributed by atoms with E-state index in [2.05, 4.69) is 4.57 Å². The molecule has 0 N–H and O–H groups in total. The van der Waals surface area contributed by atoms with E-state index in [9.17, 15) is 12.8 Å².